The van der Waals surface area contributed by atoms with Crippen LogP contribution in [0.15, 0.2) is 28.9 Å². The fraction of sp³-hybridized carbons (Fsp3) is 0.412. The predicted octanol–water partition coefficient (Wildman–Crippen LogP) is 3.04. The highest BCUT2D eigenvalue weighted by Gasteiger charge is 2.26. The zero-order chi connectivity index (χ0) is 15.5. The number of Topliss-reactive ketones (excluding diaryl/α,β-unsaturated/α-hetero) is 1. The summed E-state index contributed by atoms with van der Waals surface area (Å²) in [7, 11) is 1.59. The predicted molar refractivity (Wildman–Crippen MR) is 79.8 cm³/mol. The number of methoxy groups -OCH3 is 1. The third kappa shape index (κ3) is 2.98. The molecule has 0 radical (unpaired) electrons. The van der Waals surface area contributed by atoms with E-state index in [-0.39, 0.29) is 12.2 Å². The van der Waals surface area contributed by atoms with Crippen LogP contribution in [0, 0.1) is 0 Å². The standard InChI is InChI=1S/C17H18O5/c1-20-12-6-7-13-11(10-21-16(13)9-12)8-17(19)22-15-5-3-2-4-14(15)18/h6-7,9-10,15H,2-5,8H2,1H3/t15-/m1/s1. The molecule has 3 rings (SSSR count). The van der Waals surface area contributed by atoms with Crippen molar-refractivity contribution in [3.05, 3.63) is 30.0 Å². The molecule has 0 amide bonds. The Labute approximate surface area is 128 Å². The Bertz CT molecular complexity index is 700. The molecule has 1 atom stereocenters. The summed E-state index contributed by atoms with van der Waals surface area (Å²) >= 11 is 0. The Morgan fingerprint density at radius 3 is 3.00 bits per heavy atom. The Hall–Kier alpha value is -2.30. The summed E-state index contributed by atoms with van der Waals surface area (Å²) in [5, 5.41) is 0.854. The van der Waals surface area contributed by atoms with Gasteiger partial charge in [0.1, 0.15) is 11.3 Å². The number of hydrogen-bond donors (Lipinski definition) is 0. The highest BCUT2D eigenvalue weighted by atomic mass is 16.5. The summed E-state index contributed by atoms with van der Waals surface area (Å²) in [5.41, 5.74) is 1.42. The first-order valence-electron chi connectivity index (χ1n) is 7.43. The van der Waals surface area contributed by atoms with Gasteiger partial charge in [0, 0.05) is 23.4 Å². The van der Waals surface area contributed by atoms with E-state index in [0.29, 0.717) is 24.2 Å². The number of esters is 1. The fourth-order valence-electron chi connectivity index (χ4n) is 2.76. The largest absolute Gasteiger partial charge is 0.497 e. The van der Waals surface area contributed by atoms with Gasteiger partial charge in [-0.2, -0.15) is 0 Å². The van der Waals surface area contributed by atoms with E-state index >= 15 is 0 Å². The summed E-state index contributed by atoms with van der Waals surface area (Å²) in [6, 6.07) is 5.44. The number of rotatable bonds is 4. The zero-order valence-corrected chi connectivity index (χ0v) is 12.5. The van der Waals surface area contributed by atoms with E-state index in [4.69, 9.17) is 13.9 Å². The van der Waals surface area contributed by atoms with Crippen molar-refractivity contribution >= 4 is 22.7 Å². The SMILES string of the molecule is COc1ccc2c(CC(=O)O[C@@H]3CCCCC3=O)coc2c1. The Morgan fingerprint density at radius 1 is 1.36 bits per heavy atom. The molecule has 0 saturated heterocycles. The summed E-state index contributed by atoms with van der Waals surface area (Å²) in [6.07, 6.45) is 4.04. The number of ketones is 1. The molecule has 2 aromatic rings. The molecule has 1 saturated carbocycles. The van der Waals surface area contributed by atoms with E-state index in [1.165, 1.54) is 0 Å². The number of carbonyl (C=O) groups is 2. The highest BCUT2D eigenvalue weighted by molar-refractivity contribution is 5.89. The molecule has 5 nitrogen and oxygen atoms in total. The van der Waals surface area contributed by atoms with Crippen LogP contribution >= 0.6 is 0 Å². The molecule has 1 aliphatic rings. The smallest absolute Gasteiger partial charge is 0.311 e. The van der Waals surface area contributed by atoms with E-state index in [1.807, 2.05) is 12.1 Å². The Kier molecular flexibility index (Phi) is 4.13. The van der Waals surface area contributed by atoms with Crippen molar-refractivity contribution in [3.63, 3.8) is 0 Å². The second-order valence-electron chi connectivity index (χ2n) is 5.49. The van der Waals surface area contributed by atoms with Gasteiger partial charge < -0.3 is 13.9 Å². The van der Waals surface area contributed by atoms with Crippen LogP contribution in [0.3, 0.4) is 0 Å². The van der Waals surface area contributed by atoms with Crippen molar-refractivity contribution in [1.82, 2.24) is 0 Å². The van der Waals surface area contributed by atoms with Crippen LogP contribution in [-0.2, 0) is 20.7 Å². The summed E-state index contributed by atoms with van der Waals surface area (Å²) < 4.78 is 15.9. The van der Waals surface area contributed by atoms with Crippen LogP contribution in [0.2, 0.25) is 0 Å². The average molecular weight is 302 g/mol. The molecule has 22 heavy (non-hydrogen) atoms. The van der Waals surface area contributed by atoms with E-state index in [0.717, 1.165) is 23.8 Å². The summed E-state index contributed by atoms with van der Waals surface area (Å²) in [5.74, 6) is 0.337. The highest BCUT2D eigenvalue weighted by Crippen LogP contribution is 2.26. The van der Waals surface area contributed by atoms with Gasteiger partial charge in [-0.3, -0.25) is 9.59 Å². The molecule has 5 heteroatoms. The molecule has 1 aromatic heterocycles. The maximum absolute atomic E-state index is 12.1. The number of ether oxygens (including phenoxy) is 2. The minimum Gasteiger partial charge on any atom is -0.497 e. The first kappa shape index (κ1) is 14.6. The number of furan rings is 1. The molecule has 0 N–H and O–H groups in total. The van der Waals surface area contributed by atoms with Crippen LogP contribution < -0.4 is 4.74 Å². The van der Waals surface area contributed by atoms with Gasteiger partial charge in [-0.25, -0.2) is 0 Å². The van der Waals surface area contributed by atoms with E-state index in [9.17, 15) is 9.59 Å². The molecule has 1 aromatic carbocycles. The van der Waals surface area contributed by atoms with Gasteiger partial charge in [0.05, 0.1) is 19.8 Å². The van der Waals surface area contributed by atoms with Crippen molar-refractivity contribution in [2.75, 3.05) is 7.11 Å². The summed E-state index contributed by atoms with van der Waals surface area (Å²) in [4.78, 5) is 23.8. The van der Waals surface area contributed by atoms with Crippen molar-refractivity contribution in [2.45, 2.75) is 38.2 Å². The second kappa shape index (κ2) is 6.22. The topological polar surface area (TPSA) is 65.7 Å². The minimum atomic E-state index is -0.570. The van der Waals surface area contributed by atoms with Gasteiger partial charge in [-0.15, -0.1) is 0 Å². The number of carbonyl (C=O) groups excluding carboxylic acids is 2. The maximum Gasteiger partial charge on any atom is 0.311 e. The lowest BCUT2D eigenvalue weighted by Crippen LogP contribution is -2.30. The number of fused-ring (bicyclic) bond motifs is 1. The maximum atomic E-state index is 12.1. The van der Waals surface area contributed by atoms with Gasteiger partial charge >= 0.3 is 5.97 Å². The molecular weight excluding hydrogens is 284 g/mol. The lowest BCUT2D eigenvalue weighted by Gasteiger charge is -2.20. The molecule has 0 spiro atoms. The van der Waals surface area contributed by atoms with Gasteiger partial charge in [0.2, 0.25) is 0 Å². The van der Waals surface area contributed by atoms with Crippen LogP contribution in [0.5, 0.6) is 5.75 Å². The van der Waals surface area contributed by atoms with Crippen LogP contribution in [0.25, 0.3) is 11.0 Å². The Balaban J connectivity index is 1.70. The first-order chi connectivity index (χ1) is 10.7. The molecule has 116 valence electrons. The number of benzene rings is 1. The third-order valence-corrected chi connectivity index (χ3v) is 3.97. The first-order valence-corrected chi connectivity index (χ1v) is 7.43. The van der Waals surface area contributed by atoms with Gasteiger partial charge in [-0.1, -0.05) is 0 Å². The molecule has 0 unspecified atom stereocenters. The molecule has 1 aliphatic carbocycles. The quantitative estimate of drug-likeness (QED) is 0.812. The molecule has 0 aliphatic heterocycles. The van der Waals surface area contributed by atoms with E-state index < -0.39 is 12.1 Å². The van der Waals surface area contributed by atoms with Crippen molar-refractivity contribution in [1.29, 1.82) is 0 Å². The van der Waals surface area contributed by atoms with Crippen LogP contribution in [-0.4, -0.2) is 25.0 Å². The van der Waals surface area contributed by atoms with Gasteiger partial charge in [0.25, 0.3) is 0 Å². The molecular formula is C17H18O5. The lowest BCUT2D eigenvalue weighted by atomic mass is 9.96. The average Bonchev–Trinajstić information content (AvgIpc) is 2.91. The molecule has 1 heterocycles. The monoisotopic (exact) mass is 302 g/mol. The second-order valence-corrected chi connectivity index (χ2v) is 5.49. The molecule has 0 bridgehead atoms. The van der Waals surface area contributed by atoms with Crippen molar-refractivity contribution < 1.29 is 23.5 Å². The zero-order valence-electron chi connectivity index (χ0n) is 12.5. The van der Waals surface area contributed by atoms with E-state index in [2.05, 4.69) is 0 Å². The van der Waals surface area contributed by atoms with Crippen molar-refractivity contribution in [3.8, 4) is 5.75 Å². The van der Waals surface area contributed by atoms with Crippen LogP contribution in [0.4, 0.5) is 0 Å². The van der Waals surface area contributed by atoms with Crippen molar-refractivity contribution in [2.24, 2.45) is 0 Å². The lowest BCUT2D eigenvalue weighted by molar-refractivity contribution is -0.156. The normalized spacial score (nSPS) is 18.4. The van der Waals surface area contributed by atoms with Gasteiger partial charge in [-0.05, 0) is 31.4 Å². The minimum absolute atomic E-state index is 0.0291. The van der Waals surface area contributed by atoms with E-state index in [1.54, 1.807) is 19.4 Å². The van der Waals surface area contributed by atoms with Crippen LogP contribution in [0.1, 0.15) is 31.2 Å². The fourth-order valence-corrected chi connectivity index (χ4v) is 2.76. The third-order valence-electron chi connectivity index (χ3n) is 3.97. The Morgan fingerprint density at radius 2 is 2.23 bits per heavy atom. The van der Waals surface area contributed by atoms with Gasteiger partial charge in [0.15, 0.2) is 11.9 Å². The molecule has 1 fully saturated rings. The summed E-state index contributed by atoms with van der Waals surface area (Å²) in [6.45, 7) is 0. The number of hydrogen-bond acceptors (Lipinski definition) is 5.